The van der Waals surface area contributed by atoms with Crippen molar-refractivity contribution in [1.82, 2.24) is 4.90 Å². The van der Waals surface area contributed by atoms with Crippen molar-refractivity contribution in [2.45, 2.75) is 49.8 Å². The number of hydrogen-bond acceptors (Lipinski definition) is 2. The Labute approximate surface area is 141 Å². The standard InChI is InChI=1S/C17H22Cl2FNO/c18-14-5-4-12(9-15(14)19)17(6-2-7-17)16(22)11-21-8-1-3-13(20)10-21/h4-5,9,13,16,22H,1-3,6-8,10-11H2. The van der Waals surface area contributed by atoms with Gasteiger partial charge in [0, 0.05) is 18.5 Å². The normalized spacial score (nSPS) is 26.5. The summed E-state index contributed by atoms with van der Waals surface area (Å²) in [6.07, 6.45) is 3.24. The van der Waals surface area contributed by atoms with Crippen LogP contribution in [0.3, 0.4) is 0 Å². The molecule has 2 nitrogen and oxygen atoms in total. The van der Waals surface area contributed by atoms with Gasteiger partial charge in [-0.25, -0.2) is 4.39 Å². The summed E-state index contributed by atoms with van der Waals surface area (Å²) < 4.78 is 13.5. The Kier molecular flexibility index (Phi) is 4.98. The zero-order chi connectivity index (χ0) is 15.7. The van der Waals surface area contributed by atoms with E-state index in [9.17, 15) is 9.50 Å². The molecule has 2 fully saturated rings. The highest BCUT2D eigenvalue weighted by Crippen LogP contribution is 2.47. The van der Waals surface area contributed by atoms with Crippen molar-refractivity contribution in [3.63, 3.8) is 0 Å². The second-order valence-electron chi connectivity index (χ2n) is 6.65. The van der Waals surface area contributed by atoms with Gasteiger partial charge in [0.25, 0.3) is 0 Å². The van der Waals surface area contributed by atoms with Gasteiger partial charge >= 0.3 is 0 Å². The molecule has 0 radical (unpaired) electrons. The van der Waals surface area contributed by atoms with Crippen molar-refractivity contribution in [2.24, 2.45) is 0 Å². The highest BCUT2D eigenvalue weighted by Gasteiger charge is 2.45. The Bertz CT molecular complexity index is 535. The number of alkyl halides is 1. The molecule has 1 aliphatic carbocycles. The smallest absolute Gasteiger partial charge is 0.113 e. The molecule has 0 spiro atoms. The lowest BCUT2D eigenvalue weighted by atomic mass is 9.61. The Morgan fingerprint density at radius 3 is 2.64 bits per heavy atom. The van der Waals surface area contributed by atoms with Gasteiger partial charge in [0.05, 0.1) is 16.1 Å². The Balaban J connectivity index is 1.75. The molecule has 0 aromatic heterocycles. The van der Waals surface area contributed by atoms with E-state index >= 15 is 0 Å². The number of aliphatic hydroxyl groups is 1. The fourth-order valence-electron chi connectivity index (χ4n) is 3.76. The third kappa shape index (κ3) is 3.14. The van der Waals surface area contributed by atoms with Gasteiger partial charge in [-0.2, -0.15) is 0 Å². The maximum Gasteiger partial charge on any atom is 0.113 e. The first-order valence-electron chi connectivity index (χ1n) is 8.01. The third-order valence-electron chi connectivity index (χ3n) is 5.26. The van der Waals surface area contributed by atoms with Crippen LogP contribution >= 0.6 is 23.2 Å². The summed E-state index contributed by atoms with van der Waals surface area (Å²) in [7, 11) is 0. The lowest BCUT2D eigenvalue weighted by Crippen LogP contribution is -2.52. The number of likely N-dealkylation sites (tertiary alicyclic amines) is 1. The molecule has 0 bridgehead atoms. The van der Waals surface area contributed by atoms with Gasteiger partial charge in [0.2, 0.25) is 0 Å². The molecule has 122 valence electrons. The molecule has 2 atom stereocenters. The first-order valence-corrected chi connectivity index (χ1v) is 8.77. The number of aliphatic hydroxyl groups excluding tert-OH is 1. The maximum absolute atomic E-state index is 13.5. The van der Waals surface area contributed by atoms with Crippen LogP contribution in [0.1, 0.15) is 37.7 Å². The summed E-state index contributed by atoms with van der Waals surface area (Å²) in [4.78, 5) is 2.05. The number of halogens is 3. The van der Waals surface area contributed by atoms with Crippen LogP contribution < -0.4 is 0 Å². The topological polar surface area (TPSA) is 23.5 Å². The summed E-state index contributed by atoms with van der Waals surface area (Å²) in [6.45, 7) is 1.84. The van der Waals surface area contributed by atoms with Crippen LogP contribution in [-0.4, -0.2) is 41.9 Å². The van der Waals surface area contributed by atoms with Crippen molar-refractivity contribution in [2.75, 3.05) is 19.6 Å². The first-order chi connectivity index (χ1) is 10.5. The molecule has 1 aromatic rings. The maximum atomic E-state index is 13.5. The van der Waals surface area contributed by atoms with E-state index in [4.69, 9.17) is 23.2 Å². The highest BCUT2D eigenvalue weighted by molar-refractivity contribution is 6.42. The number of rotatable bonds is 4. The van der Waals surface area contributed by atoms with Gasteiger partial charge in [0.15, 0.2) is 0 Å². The van der Waals surface area contributed by atoms with Gasteiger partial charge in [0.1, 0.15) is 6.17 Å². The van der Waals surface area contributed by atoms with Crippen molar-refractivity contribution in [3.8, 4) is 0 Å². The monoisotopic (exact) mass is 345 g/mol. The average Bonchev–Trinajstić information content (AvgIpc) is 2.41. The fraction of sp³-hybridized carbons (Fsp3) is 0.647. The number of benzene rings is 1. The van der Waals surface area contributed by atoms with E-state index in [1.807, 2.05) is 12.1 Å². The van der Waals surface area contributed by atoms with Crippen molar-refractivity contribution in [3.05, 3.63) is 33.8 Å². The zero-order valence-corrected chi connectivity index (χ0v) is 14.1. The Morgan fingerprint density at radius 1 is 1.27 bits per heavy atom. The SMILES string of the molecule is OC(CN1CCCC(F)C1)C1(c2ccc(Cl)c(Cl)c2)CCC1. The molecular weight excluding hydrogens is 324 g/mol. The largest absolute Gasteiger partial charge is 0.391 e. The van der Waals surface area contributed by atoms with E-state index in [-0.39, 0.29) is 5.41 Å². The van der Waals surface area contributed by atoms with Gasteiger partial charge in [-0.3, -0.25) is 4.90 Å². The minimum Gasteiger partial charge on any atom is -0.391 e. The van der Waals surface area contributed by atoms with Gasteiger partial charge < -0.3 is 5.11 Å². The summed E-state index contributed by atoms with van der Waals surface area (Å²) in [6, 6.07) is 5.63. The predicted molar refractivity (Wildman–Crippen MR) is 88.6 cm³/mol. The summed E-state index contributed by atoms with van der Waals surface area (Å²) >= 11 is 12.1. The molecule has 1 aliphatic heterocycles. The molecule has 1 saturated heterocycles. The molecule has 1 aromatic carbocycles. The number of hydrogen-bond donors (Lipinski definition) is 1. The highest BCUT2D eigenvalue weighted by atomic mass is 35.5. The van der Waals surface area contributed by atoms with Crippen LogP contribution in [-0.2, 0) is 5.41 Å². The number of nitrogens with zero attached hydrogens (tertiary/aromatic N) is 1. The van der Waals surface area contributed by atoms with Crippen molar-refractivity contribution in [1.29, 1.82) is 0 Å². The second kappa shape index (κ2) is 6.64. The minimum atomic E-state index is -0.761. The minimum absolute atomic E-state index is 0.252. The molecule has 1 saturated carbocycles. The number of piperidine rings is 1. The Hall–Kier alpha value is -0.350. The van der Waals surface area contributed by atoms with Crippen LogP contribution in [0.15, 0.2) is 18.2 Å². The predicted octanol–water partition coefficient (Wildman–Crippen LogP) is 4.21. The average molecular weight is 346 g/mol. The number of β-amino-alcohol motifs (C(OH)–C–C–N with tert-alkyl or cyclic N) is 1. The van der Waals surface area contributed by atoms with Crippen molar-refractivity contribution >= 4 is 23.2 Å². The summed E-state index contributed by atoms with van der Waals surface area (Å²) in [5.41, 5.74) is 0.798. The molecule has 0 amide bonds. The molecule has 2 unspecified atom stereocenters. The molecule has 1 N–H and O–H groups in total. The van der Waals surface area contributed by atoms with E-state index in [0.717, 1.165) is 37.8 Å². The van der Waals surface area contributed by atoms with Crippen LogP contribution in [0.25, 0.3) is 0 Å². The Morgan fingerprint density at radius 2 is 2.05 bits per heavy atom. The van der Waals surface area contributed by atoms with Crippen LogP contribution in [0.2, 0.25) is 10.0 Å². The van der Waals surface area contributed by atoms with Crippen molar-refractivity contribution < 1.29 is 9.50 Å². The first kappa shape index (κ1) is 16.5. The van der Waals surface area contributed by atoms with Gasteiger partial charge in [-0.15, -0.1) is 0 Å². The van der Waals surface area contributed by atoms with E-state index in [0.29, 0.717) is 29.6 Å². The fourth-order valence-corrected chi connectivity index (χ4v) is 4.06. The quantitative estimate of drug-likeness (QED) is 0.883. The van der Waals surface area contributed by atoms with Gasteiger partial charge in [-0.05, 0) is 49.9 Å². The van der Waals surface area contributed by atoms with Crippen LogP contribution in [0.5, 0.6) is 0 Å². The van der Waals surface area contributed by atoms with E-state index in [2.05, 4.69) is 4.90 Å². The zero-order valence-electron chi connectivity index (χ0n) is 12.6. The van der Waals surface area contributed by atoms with Crippen LogP contribution in [0, 0.1) is 0 Å². The van der Waals surface area contributed by atoms with E-state index in [1.165, 1.54) is 0 Å². The summed E-state index contributed by atoms with van der Waals surface area (Å²) in [5, 5.41) is 11.9. The lowest BCUT2D eigenvalue weighted by Gasteiger charge is -2.48. The molecule has 5 heteroatoms. The van der Waals surface area contributed by atoms with E-state index < -0.39 is 12.3 Å². The van der Waals surface area contributed by atoms with Crippen LogP contribution in [0.4, 0.5) is 4.39 Å². The summed E-state index contributed by atoms with van der Waals surface area (Å²) in [5.74, 6) is 0. The third-order valence-corrected chi connectivity index (χ3v) is 6.00. The van der Waals surface area contributed by atoms with Gasteiger partial charge in [-0.1, -0.05) is 35.7 Å². The molecule has 3 rings (SSSR count). The second-order valence-corrected chi connectivity index (χ2v) is 7.47. The molecule has 22 heavy (non-hydrogen) atoms. The molecular formula is C17H22Cl2FNO. The van der Waals surface area contributed by atoms with E-state index in [1.54, 1.807) is 6.07 Å². The lowest BCUT2D eigenvalue weighted by molar-refractivity contribution is -0.00839. The molecule has 2 aliphatic rings. The molecule has 1 heterocycles.